The Kier molecular flexibility index (Phi) is 2.83. The van der Waals surface area contributed by atoms with Gasteiger partial charge in [-0.05, 0) is 17.1 Å². The number of hydrogen-bond donors (Lipinski definition) is 2. The number of nitrogens with zero attached hydrogens (tertiary/aromatic N) is 2. The van der Waals surface area contributed by atoms with Crippen LogP contribution in [0.5, 0.6) is 0 Å². The molecule has 0 aliphatic carbocycles. The van der Waals surface area contributed by atoms with E-state index in [1.807, 2.05) is 30.3 Å². The molecule has 1 aromatic carbocycles. The van der Waals surface area contributed by atoms with Crippen molar-refractivity contribution in [1.29, 1.82) is 0 Å². The van der Waals surface area contributed by atoms with Crippen molar-refractivity contribution in [2.45, 2.75) is 6.04 Å². The molecular formula is C9H10N4S. The molecule has 2 rings (SSSR count). The molecule has 0 saturated carbocycles. The summed E-state index contributed by atoms with van der Waals surface area (Å²) >= 11 is 1.35. The molecule has 1 heterocycles. The quantitative estimate of drug-likeness (QED) is 0.583. The topological polar surface area (TPSA) is 63.8 Å². The molecule has 0 saturated heterocycles. The van der Waals surface area contributed by atoms with E-state index in [1.54, 1.807) is 6.20 Å². The molecule has 3 N–H and O–H groups in total. The van der Waals surface area contributed by atoms with Gasteiger partial charge in [0.2, 0.25) is 0 Å². The zero-order valence-corrected chi connectivity index (χ0v) is 8.24. The highest BCUT2D eigenvalue weighted by Crippen LogP contribution is 2.22. The lowest BCUT2D eigenvalue weighted by Crippen LogP contribution is -2.28. The molecule has 0 spiro atoms. The molecule has 4 nitrogen and oxygen atoms in total. The van der Waals surface area contributed by atoms with E-state index in [2.05, 4.69) is 15.0 Å². The smallest absolute Gasteiger partial charge is 0.0834 e. The highest BCUT2D eigenvalue weighted by Gasteiger charge is 2.13. The van der Waals surface area contributed by atoms with Gasteiger partial charge in [0.1, 0.15) is 0 Å². The lowest BCUT2D eigenvalue weighted by Gasteiger charge is -2.12. The van der Waals surface area contributed by atoms with E-state index < -0.39 is 0 Å². The Balaban J connectivity index is 2.31. The zero-order valence-electron chi connectivity index (χ0n) is 7.42. The maximum Gasteiger partial charge on any atom is 0.0834 e. The van der Waals surface area contributed by atoms with Crippen LogP contribution in [-0.2, 0) is 0 Å². The first-order valence-corrected chi connectivity index (χ1v) is 4.97. The molecule has 1 unspecified atom stereocenters. The fourth-order valence-corrected chi connectivity index (χ4v) is 1.88. The lowest BCUT2D eigenvalue weighted by atomic mass is 10.1. The van der Waals surface area contributed by atoms with Gasteiger partial charge in [-0.25, -0.2) is 5.43 Å². The Labute approximate surface area is 85.9 Å². The molecule has 72 valence electrons. The predicted octanol–water partition coefficient (Wildman–Crippen LogP) is 1.09. The maximum atomic E-state index is 5.50. The second kappa shape index (κ2) is 4.28. The van der Waals surface area contributed by atoms with Gasteiger partial charge < -0.3 is 0 Å². The van der Waals surface area contributed by atoms with Gasteiger partial charge >= 0.3 is 0 Å². The summed E-state index contributed by atoms with van der Waals surface area (Å²) in [5, 5.41) is 3.79. The molecule has 0 amide bonds. The number of aromatic nitrogens is 2. The summed E-state index contributed by atoms with van der Waals surface area (Å²) in [6.07, 6.45) is 1.72. The summed E-state index contributed by atoms with van der Waals surface area (Å²) < 4.78 is 3.81. The van der Waals surface area contributed by atoms with Crippen LogP contribution in [0, 0.1) is 0 Å². The molecule has 1 atom stereocenters. The van der Waals surface area contributed by atoms with Crippen LogP contribution in [0.25, 0.3) is 0 Å². The van der Waals surface area contributed by atoms with E-state index in [1.165, 1.54) is 11.5 Å². The van der Waals surface area contributed by atoms with E-state index in [9.17, 15) is 0 Å². The van der Waals surface area contributed by atoms with Crippen LogP contribution in [0.1, 0.15) is 16.5 Å². The van der Waals surface area contributed by atoms with Crippen LogP contribution in [0.2, 0.25) is 0 Å². The summed E-state index contributed by atoms with van der Waals surface area (Å²) in [6.45, 7) is 0. The predicted molar refractivity (Wildman–Crippen MR) is 55.5 cm³/mol. The number of hydrogen-bond acceptors (Lipinski definition) is 5. The molecule has 14 heavy (non-hydrogen) atoms. The van der Waals surface area contributed by atoms with E-state index in [-0.39, 0.29) is 6.04 Å². The van der Waals surface area contributed by atoms with Crippen LogP contribution in [0.4, 0.5) is 0 Å². The molecule has 0 aliphatic rings. The van der Waals surface area contributed by atoms with Gasteiger partial charge in [-0.15, -0.1) is 5.10 Å². The molecule has 0 bridgehead atoms. The van der Waals surface area contributed by atoms with Gasteiger partial charge in [-0.3, -0.25) is 5.84 Å². The van der Waals surface area contributed by atoms with Crippen LogP contribution < -0.4 is 11.3 Å². The fourth-order valence-electron chi connectivity index (χ4n) is 1.29. The van der Waals surface area contributed by atoms with Gasteiger partial charge in [-0.2, -0.15) is 0 Å². The van der Waals surface area contributed by atoms with Crippen molar-refractivity contribution in [2.75, 3.05) is 0 Å². The average Bonchev–Trinajstić information content (AvgIpc) is 2.74. The molecular weight excluding hydrogens is 196 g/mol. The van der Waals surface area contributed by atoms with Gasteiger partial charge in [0.25, 0.3) is 0 Å². The van der Waals surface area contributed by atoms with Crippen molar-refractivity contribution in [2.24, 2.45) is 5.84 Å². The van der Waals surface area contributed by atoms with Crippen molar-refractivity contribution in [1.82, 2.24) is 15.0 Å². The van der Waals surface area contributed by atoms with Gasteiger partial charge in [0, 0.05) is 0 Å². The van der Waals surface area contributed by atoms with Crippen LogP contribution in [-0.4, -0.2) is 9.59 Å². The third kappa shape index (κ3) is 1.79. The Hall–Kier alpha value is -1.30. The van der Waals surface area contributed by atoms with Gasteiger partial charge in [-0.1, -0.05) is 34.8 Å². The first-order valence-electron chi connectivity index (χ1n) is 4.20. The van der Waals surface area contributed by atoms with Crippen molar-refractivity contribution in [3.8, 4) is 0 Å². The third-order valence-corrected chi connectivity index (χ3v) is 2.69. The fraction of sp³-hybridized carbons (Fsp3) is 0.111. The Morgan fingerprint density at radius 1 is 1.29 bits per heavy atom. The second-order valence-electron chi connectivity index (χ2n) is 2.83. The molecule has 0 aliphatic heterocycles. The summed E-state index contributed by atoms with van der Waals surface area (Å²) in [5.74, 6) is 5.50. The number of benzene rings is 1. The average molecular weight is 206 g/mol. The van der Waals surface area contributed by atoms with E-state index in [0.717, 1.165) is 10.4 Å². The van der Waals surface area contributed by atoms with Crippen molar-refractivity contribution in [3.05, 3.63) is 47.0 Å². The van der Waals surface area contributed by atoms with Crippen LogP contribution in [0.15, 0.2) is 36.5 Å². The maximum absolute atomic E-state index is 5.50. The van der Waals surface area contributed by atoms with Crippen LogP contribution in [0.3, 0.4) is 0 Å². The number of nitrogens with two attached hydrogens (primary N) is 1. The first kappa shape index (κ1) is 9.26. The molecule has 0 radical (unpaired) electrons. The standard InChI is InChI=1S/C9H10N4S/c10-12-9(8-6-11-13-14-8)7-4-2-1-3-5-7/h1-6,9,12H,10H2. The Morgan fingerprint density at radius 3 is 2.64 bits per heavy atom. The SMILES string of the molecule is NNC(c1ccccc1)c1cnns1. The zero-order chi connectivity index (χ0) is 9.80. The summed E-state index contributed by atoms with van der Waals surface area (Å²) in [4.78, 5) is 1.01. The summed E-state index contributed by atoms with van der Waals surface area (Å²) in [7, 11) is 0. The molecule has 0 fully saturated rings. The lowest BCUT2D eigenvalue weighted by molar-refractivity contribution is 0.645. The summed E-state index contributed by atoms with van der Waals surface area (Å²) in [5.41, 5.74) is 3.86. The molecule has 5 heteroatoms. The Morgan fingerprint density at radius 2 is 2.07 bits per heavy atom. The van der Waals surface area contributed by atoms with Gasteiger partial charge in [0.15, 0.2) is 0 Å². The highest BCUT2D eigenvalue weighted by atomic mass is 32.1. The minimum atomic E-state index is -0.0174. The van der Waals surface area contributed by atoms with Crippen LogP contribution >= 0.6 is 11.5 Å². The largest absolute Gasteiger partial charge is 0.271 e. The number of hydrazine groups is 1. The molecule has 2 aromatic rings. The van der Waals surface area contributed by atoms with E-state index in [4.69, 9.17) is 5.84 Å². The minimum absolute atomic E-state index is 0.0174. The second-order valence-corrected chi connectivity index (χ2v) is 3.65. The van der Waals surface area contributed by atoms with Gasteiger partial charge in [0.05, 0.1) is 17.1 Å². The Bertz CT molecular complexity index is 373. The summed E-state index contributed by atoms with van der Waals surface area (Å²) in [6, 6.07) is 9.95. The van der Waals surface area contributed by atoms with Crippen molar-refractivity contribution in [3.63, 3.8) is 0 Å². The molecule has 1 aromatic heterocycles. The highest BCUT2D eigenvalue weighted by molar-refractivity contribution is 7.05. The minimum Gasteiger partial charge on any atom is -0.271 e. The third-order valence-electron chi connectivity index (χ3n) is 1.96. The van der Waals surface area contributed by atoms with E-state index in [0.29, 0.717) is 0 Å². The first-order chi connectivity index (χ1) is 6.92. The number of nitrogens with one attached hydrogen (secondary N) is 1. The monoisotopic (exact) mass is 206 g/mol. The number of rotatable bonds is 3. The van der Waals surface area contributed by atoms with Crippen molar-refractivity contribution >= 4 is 11.5 Å². The normalized spacial score (nSPS) is 12.6. The van der Waals surface area contributed by atoms with Crippen molar-refractivity contribution < 1.29 is 0 Å². The van der Waals surface area contributed by atoms with E-state index >= 15 is 0 Å².